The Balaban J connectivity index is 2.15. The highest BCUT2D eigenvalue weighted by Gasteiger charge is 2.62. The van der Waals surface area contributed by atoms with E-state index < -0.39 is 8.56 Å². The molecule has 3 atom stereocenters. The van der Waals surface area contributed by atoms with Crippen molar-refractivity contribution < 1.29 is 13.6 Å². The lowest BCUT2D eigenvalue weighted by Crippen LogP contribution is -2.66. The average molecular weight is 426 g/mol. The number of hydrogen-bond acceptors (Lipinski definition) is 3. The Kier molecular flexibility index (Phi) is 5.52. The fraction of sp³-hybridized carbons (Fsp3) is 1.00. The molecule has 0 spiro atoms. The van der Waals surface area contributed by atoms with E-state index in [0.717, 1.165) is 23.7 Å². The largest absolute Gasteiger partial charge is 0.391 e. The fourth-order valence-electron chi connectivity index (χ4n) is 3.91. The monoisotopic (exact) mass is 426 g/mol. The standard InChI is InChI=1S/C16H31IO3Si/c1-15(2,3)21(16(4,5)6)18-11-14-13(20-21)8-7-12(19-14)9-10-17/h12-14H,7-11H2,1-6H3/t12-,13+,14-/m1/s1. The van der Waals surface area contributed by atoms with Gasteiger partial charge in [0.05, 0.1) is 18.8 Å². The lowest BCUT2D eigenvalue weighted by atomic mass is 10.0. The topological polar surface area (TPSA) is 27.7 Å². The van der Waals surface area contributed by atoms with Crippen LogP contribution >= 0.6 is 22.6 Å². The number of alkyl halides is 1. The normalized spacial score (nSPS) is 33.6. The number of rotatable bonds is 2. The van der Waals surface area contributed by atoms with Crippen LogP contribution in [0.1, 0.15) is 60.8 Å². The molecule has 0 unspecified atom stereocenters. The smallest absolute Gasteiger partial charge is 0.349 e. The highest BCUT2D eigenvalue weighted by molar-refractivity contribution is 14.1. The zero-order chi connectivity index (χ0) is 15.9. The van der Waals surface area contributed by atoms with Crippen molar-refractivity contribution in [2.75, 3.05) is 11.0 Å². The Morgan fingerprint density at radius 2 is 1.62 bits per heavy atom. The molecule has 3 nitrogen and oxygen atoms in total. The summed E-state index contributed by atoms with van der Waals surface area (Å²) in [5.74, 6) is 0. The van der Waals surface area contributed by atoms with Crippen LogP contribution in [0.3, 0.4) is 0 Å². The van der Waals surface area contributed by atoms with E-state index in [4.69, 9.17) is 13.6 Å². The van der Waals surface area contributed by atoms with Crippen LogP contribution in [0, 0.1) is 0 Å². The lowest BCUT2D eigenvalue weighted by molar-refractivity contribution is -0.162. The first-order valence-corrected chi connectivity index (χ1v) is 11.5. The van der Waals surface area contributed by atoms with Gasteiger partial charge < -0.3 is 13.6 Å². The van der Waals surface area contributed by atoms with Crippen LogP contribution in [0.25, 0.3) is 0 Å². The molecule has 0 aromatic carbocycles. The Labute approximate surface area is 144 Å². The van der Waals surface area contributed by atoms with E-state index in [2.05, 4.69) is 64.1 Å². The molecule has 2 heterocycles. The molecule has 0 aliphatic carbocycles. The quantitative estimate of drug-likeness (QED) is 0.360. The van der Waals surface area contributed by atoms with E-state index in [1.54, 1.807) is 0 Å². The van der Waals surface area contributed by atoms with Gasteiger partial charge in [-0.15, -0.1) is 0 Å². The second-order valence-electron chi connectivity index (χ2n) is 8.44. The van der Waals surface area contributed by atoms with Gasteiger partial charge in [-0.05, 0) is 19.3 Å². The summed E-state index contributed by atoms with van der Waals surface area (Å²) < 4.78 is 20.6. The van der Waals surface area contributed by atoms with Crippen molar-refractivity contribution in [1.29, 1.82) is 0 Å². The van der Waals surface area contributed by atoms with Crippen molar-refractivity contribution in [3.63, 3.8) is 0 Å². The summed E-state index contributed by atoms with van der Waals surface area (Å²) in [6.07, 6.45) is 4.16. The lowest BCUT2D eigenvalue weighted by Gasteiger charge is -2.56. The molecule has 2 fully saturated rings. The van der Waals surface area contributed by atoms with Gasteiger partial charge in [0.2, 0.25) is 0 Å². The van der Waals surface area contributed by atoms with Crippen LogP contribution in [-0.4, -0.2) is 37.9 Å². The van der Waals surface area contributed by atoms with Crippen LogP contribution in [0.15, 0.2) is 0 Å². The Morgan fingerprint density at radius 3 is 2.14 bits per heavy atom. The second-order valence-corrected chi connectivity index (χ2v) is 14.3. The predicted octanol–water partition coefficient (Wildman–Crippen LogP) is 4.82. The zero-order valence-electron chi connectivity index (χ0n) is 14.4. The van der Waals surface area contributed by atoms with Crippen LogP contribution in [0.4, 0.5) is 0 Å². The van der Waals surface area contributed by atoms with Crippen LogP contribution in [0.5, 0.6) is 0 Å². The van der Waals surface area contributed by atoms with E-state index in [9.17, 15) is 0 Å². The molecule has 0 bridgehead atoms. The molecule has 0 aromatic rings. The summed E-state index contributed by atoms with van der Waals surface area (Å²) >= 11 is 2.43. The minimum atomic E-state index is -2.32. The summed E-state index contributed by atoms with van der Waals surface area (Å²) in [7, 11) is -2.32. The van der Waals surface area contributed by atoms with Gasteiger partial charge in [0.1, 0.15) is 6.10 Å². The van der Waals surface area contributed by atoms with Crippen molar-refractivity contribution in [3.05, 3.63) is 0 Å². The third-order valence-electron chi connectivity index (χ3n) is 4.73. The summed E-state index contributed by atoms with van der Waals surface area (Å²) in [6, 6.07) is 0. The van der Waals surface area contributed by atoms with Crippen molar-refractivity contribution in [2.24, 2.45) is 0 Å². The van der Waals surface area contributed by atoms with E-state index in [1.807, 2.05) is 0 Å². The number of ether oxygens (including phenoxy) is 1. The second kappa shape index (κ2) is 6.38. The molecular formula is C16H31IO3Si. The highest BCUT2D eigenvalue weighted by Crippen LogP contribution is 2.55. The maximum Gasteiger partial charge on any atom is 0.349 e. The molecule has 0 aromatic heterocycles. The molecular weight excluding hydrogens is 395 g/mol. The third-order valence-corrected chi connectivity index (χ3v) is 10.5. The van der Waals surface area contributed by atoms with Gasteiger partial charge in [-0.1, -0.05) is 64.1 Å². The maximum atomic E-state index is 6.72. The molecule has 2 rings (SSSR count). The molecule has 124 valence electrons. The maximum absolute atomic E-state index is 6.72. The van der Waals surface area contributed by atoms with Crippen molar-refractivity contribution in [3.8, 4) is 0 Å². The third kappa shape index (κ3) is 3.52. The van der Waals surface area contributed by atoms with E-state index in [-0.39, 0.29) is 22.3 Å². The molecule has 2 aliphatic rings. The molecule has 0 amide bonds. The Bertz CT molecular complexity index is 348. The highest BCUT2D eigenvalue weighted by atomic mass is 127. The molecule has 5 heteroatoms. The molecule has 0 radical (unpaired) electrons. The molecule has 21 heavy (non-hydrogen) atoms. The summed E-state index contributed by atoms with van der Waals surface area (Å²) in [4.78, 5) is 0. The average Bonchev–Trinajstić information content (AvgIpc) is 2.35. The number of hydrogen-bond donors (Lipinski definition) is 0. The minimum absolute atomic E-state index is 0.0648. The summed E-state index contributed by atoms with van der Waals surface area (Å²) in [5, 5.41) is 0.130. The SMILES string of the molecule is CC(C)(C)[Si]1(C(C)(C)C)OC[C@H]2O[C@@H](CCI)CC[C@@H]2O1. The van der Waals surface area contributed by atoms with Crippen LogP contribution < -0.4 is 0 Å². The molecule has 2 saturated heterocycles. The van der Waals surface area contributed by atoms with Crippen molar-refractivity contribution in [2.45, 2.75) is 89.2 Å². The number of fused-ring (bicyclic) bond motifs is 1. The first kappa shape index (κ1) is 18.2. The van der Waals surface area contributed by atoms with E-state index in [0.29, 0.717) is 12.7 Å². The van der Waals surface area contributed by atoms with Crippen LogP contribution in [0.2, 0.25) is 10.1 Å². The fourth-order valence-corrected chi connectivity index (χ4v) is 9.59. The van der Waals surface area contributed by atoms with E-state index in [1.165, 1.54) is 0 Å². The zero-order valence-corrected chi connectivity index (χ0v) is 17.5. The van der Waals surface area contributed by atoms with E-state index >= 15 is 0 Å². The Hall–Kier alpha value is 0.827. The predicted molar refractivity (Wildman–Crippen MR) is 97.4 cm³/mol. The van der Waals surface area contributed by atoms with Gasteiger partial charge in [-0.25, -0.2) is 0 Å². The molecule has 0 N–H and O–H groups in total. The summed E-state index contributed by atoms with van der Waals surface area (Å²) in [5.41, 5.74) is 0. The van der Waals surface area contributed by atoms with Gasteiger partial charge in [-0.2, -0.15) is 0 Å². The minimum Gasteiger partial charge on any atom is -0.391 e. The molecule has 2 aliphatic heterocycles. The first-order valence-electron chi connectivity index (χ1n) is 8.14. The summed E-state index contributed by atoms with van der Waals surface area (Å²) in [6.45, 7) is 14.3. The Morgan fingerprint density at radius 1 is 1.00 bits per heavy atom. The van der Waals surface area contributed by atoms with Gasteiger partial charge in [0.15, 0.2) is 0 Å². The van der Waals surface area contributed by atoms with Crippen molar-refractivity contribution in [1.82, 2.24) is 0 Å². The van der Waals surface area contributed by atoms with Gasteiger partial charge in [0.25, 0.3) is 0 Å². The molecule has 0 saturated carbocycles. The van der Waals surface area contributed by atoms with Gasteiger partial charge in [0, 0.05) is 14.5 Å². The van der Waals surface area contributed by atoms with Gasteiger partial charge >= 0.3 is 8.56 Å². The van der Waals surface area contributed by atoms with Crippen molar-refractivity contribution >= 4 is 31.2 Å². The first-order chi connectivity index (χ1) is 9.61. The van der Waals surface area contributed by atoms with Gasteiger partial charge in [-0.3, -0.25) is 0 Å². The number of halogens is 1. The van der Waals surface area contributed by atoms with Crippen LogP contribution in [-0.2, 0) is 13.6 Å².